The third kappa shape index (κ3) is 5.15. The number of carbonyl (C=O) groups is 2. The van der Waals surface area contributed by atoms with Crippen LogP contribution in [0.15, 0.2) is 53.4 Å². The Morgan fingerprint density at radius 2 is 1.64 bits per heavy atom. The minimum absolute atomic E-state index is 0.152. The van der Waals surface area contributed by atoms with Crippen molar-refractivity contribution in [1.29, 1.82) is 0 Å². The predicted octanol–water partition coefficient (Wildman–Crippen LogP) is 2.48. The largest absolute Gasteiger partial charge is 0.352 e. The fraction of sp³-hybridized carbons (Fsp3) is 0.222. The SMILES string of the molecule is CCCNC(=O)c1cccc(NC(=O)c2ccc(S(C)(=O)=O)cc2)c1. The molecule has 0 spiro atoms. The molecule has 0 aliphatic carbocycles. The first-order chi connectivity index (χ1) is 11.8. The van der Waals surface area contributed by atoms with Crippen molar-refractivity contribution >= 4 is 27.3 Å². The quantitative estimate of drug-likeness (QED) is 0.828. The van der Waals surface area contributed by atoms with Gasteiger partial charge in [0, 0.05) is 29.6 Å². The van der Waals surface area contributed by atoms with E-state index >= 15 is 0 Å². The number of hydrogen-bond donors (Lipinski definition) is 2. The van der Waals surface area contributed by atoms with E-state index in [1.807, 2.05) is 6.92 Å². The lowest BCUT2D eigenvalue weighted by Crippen LogP contribution is -2.24. The summed E-state index contributed by atoms with van der Waals surface area (Å²) in [5.74, 6) is -0.582. The molecule has 2 aromatic carbocycles. The Morgan fingerprint density at radius 3 is 2.24 bits per heavy atom. The van der Waals surface area contributed by atoms with E-state index in [2.05, 4.69) is 10.6 Å². The molecule has 6 nitrogen and oxygen atoms in total. The molecule has 0 bridgehead atoms. The highest BCUT2D eigenvalue weighted by Crippen LogP contribution is 2.14. The number of sulfone groups is 1. The van der Waals surface area contributed by atoms with Crippen molar-refractivity contribution in [2.24, 2.45) is 0 Å². The second-order valence-electron chi connectivity index (χ2n) is 5.59. The number of benzene rings is 2. The molecule has 25 heavy (non-hydrogen) atoms. The summed E-state index contributed by atoms with van der Waals surface area (Å²) in [7, 11) is -3.30. The lowest BCUT2D eigenvalue weighted by molar-refractivity contribution is 0.0952. The Balaban J connectivity index is 2.11. The summed E-state index contributed by atoms with van der Waals surface area (Å²) in [6.45, 7) is 2.55. The van der Waals surface area contributed by atoms with Crippen LogP contribution in [0.1, 0.15) is 34.1 Å². The zero-order chi connectivity index (χ0) is 18.4. The van der Waals surface area contributed by atoms with Crippen molar-refractivity contribution < 1.29 is 18.0 Å². The van der Waals surface area contributed by atoms with Gasteiger partial charge in [-0.15, -0.1) is 0 Å². The second-order valence-corrected chi connectivity index (χ2v) is 7.60. The molecule has 2 amide bonds. The maximum atomic E-state index is 12.3. The highest BCUT2D eigenvalue weighted by atomic mass is 32.2. The molecule has 0 aliphatic heterocycles. The number of carbonyl (C=O) groups excluding carboxylic acids is 2. The minimum atomic E-state index is -3.30. The molecule has 0 saturated carbocycles. The van der Waals surface area contributed by atoms with E-state index < -0.39 is 9.84 Å². The van der Waals surface area contributed by atoms with Gasteiger partial charge in [-0.2, -0.15) is 0 Å². The van der Waals surface area contributed by atoms with Gasteiger partial charge in [-0.05, 0) is 48.9 Å². The molecule has 0 heterocycles. The van der Waals surface area contributed by atoms with Gasteiger partial charge in [0.15, 0.2) is 9.84 Å². The Morgan fingerprint density at radius 1 is 0.960 bits per heavy atom. The van der Waals surface area contributed by atoms with Crippen LogP contribution in [0.5, 0.6) is 0 Å². The zero-order valence-electron chi connectivity index (χ0n) is 14.1. The van der Waals surface area contributed by atoms with Crippen LogP contribution >= 0.6 is 0 Å². The zero-order valence-corrected chi connectivity index (χ0v) is 14.9. The van der Waals surface area contributed by atoms with E-state index in [0.717, 1.165) is 12.7 Å². The summed E-state index contributed by atoms with van der Waals surface area (Å²) in [5.41, 5.74) is 1.27. The topological polar surface area (TPSA) is 92.3 Å². The average Bonchev–Trinajstić information content (AvgIpc) is 2.59. The first kappa shape index (κ1) is 18.7. The van der Waals surface area contributed by atoms with Crippen LogP contribution in [0.3, 0.4) is 0 Å². The number of amides is 2. The van der Waals surface area contributed by atoms with Gasteiger partial charge in [-0.25, -0.2) is 8.42 Å². The van der Waals surface area contributed by atoms with Gasteiger partial charge in [-0.3, -0.25) is 9.59 Å². The summed E-state index contributed by atoms with van der Waals surface area (Å²) >= 11 is 0. The Hall–Kier alpha value is -2.67. The summed E-state index contributed by atoms with van der Waals surface area (Å²) in [6, 6.07) is 12.3. The number of anilines is 1. The Kier molecular flexibility index (Phi) is 5.93. The van der Waals surface area contributed by atoms with Gasteiger partial charge in [0.1, 0.15) is 0 Å². The first-order valence-electron chi connectivity index (χ1n) is 7.81. The predicted molar refractivity (Wildman–Crippen MR) is 96.6 cm³/mol. The van der Waals surface area contributed by atoms with Gasteiger partial charge in [-0.1, -0.05) is 13.0 Å². The molecule has 0 aliphatic rings. The summed E-state index contributed by atoms with van der Waals surface area (Å²) < 4.78 is 22.9. The van der Waals surface area contributed by atoms with E-state index in [0.29, 0.717) is 23.4 Å². The van der Waals surface area contributed by atoms with E-state index in [1.165, 1.54) is 24.3 Å². The summed E-state index contributed by atoms with van der Waals surface area (Å²) in [6.07, 6.45) is 1.95. The van der Waals surface area contributed by atoms with Gasteiger partial charge >= 0.3 is 0 Å². The number of hydrogen-bond acceptors (Lipinski definition) is 4. The molecule has 7 heteroatoms. The van der Waals surface area contributed by atoms with E-state index in [4.69, 9.17) is 0 Å². The fourth-order valence-electron chi connectivity index (χ4n) is 2.14. The molecule has 2 N–H and O–H groups in total. The van der Waals surface area contributed by atoms with E-state index in [9.17, 15) is 18.0 Å². The minimum Gasteiger partial charge on any atom is -0.352 e. The fourth-order valence-corrected chi connectivity index (χ4v) is 2.77. The van der Waals surface area contributed by atoms with Crippen LogP contribution in [0.4, 0.5) is 5.69 Å². The van der Waals surface area contributed by atoms with Gasteiger partial charge in [0.25, 0.3) is 11.8 Å². The van der Waals surface area contributed by atoms with Crippen LogP contribution in [-0.2, 0) is 9.84 Å². The molecule has 132 valence electrons. The third-order valence-electron chi connectivity index (χ3n) is 3.46. The van der Waals surface area contributed by atoms with Crippen LogP contribution in [0.25, 0.3) is 0 Å². The van der Waals surface area contributed by atoms with Crippen LogP contribution in [0.2, 0.25) is 0 Å². The average molecular weight is 360 g/mol. The number of nitrogens with one attached hydrogen (secondary N) is 2. The van der Waals surface area contributed by atoms with Crippen molar-refractivity contribution in [3.63, 3.8) is 0 Å². The molecule has 2 aromatic rings. The van der Waals surface area contributed by atoms with Crippen LogP contribution < -0.4 is 10.6 Å². The first-order valence-corrected chi connectivity index (χ1v) is 9.70. The van der Waals surface area contributed by atoms with Gasteiger partial charge in [0.05, 0.1) is 4.90 Å². The van der Waals surface area contributed by atoms with Crippen molar-refractivity contribution in [3.05, 3.63) is 59.7 Å². The normalized spacial score (nSPS) is 11.0. The molecule has 0 radical (unpaired) electrons. The van der Waals surface area contributed by atoms with Crippen molar-refractivity contribution in [2.75, 3.05) is 18.1 Å². The lowest BCUT2D eigenvalue weighted by atomic mass is 10.1. The molecule has 0 aromatic heterocycles. The van der Waals surface area contributed by atoms with Crippen molar-refractivity contribution in [1.82, 2.24) is 5.32 Å². The second kappa shape index (κ2) is 7.94. The van der Waals surface area contributed by atoms with Crippen molar-refractivity contribution in [3.8, 4) is 0 Å². The maximum Gasteiger partial charge on any atom is 0.255 e. The molecule has 0 unspecified atom stereocenters. The van der Waals surface area contributed by atoms with Gasteiger partial charge < -0.3 is 10.6 Å². The van der Waals surface area contributed by atoms with E-state index in [1.54, 1.807) is 24.3 Å². The molecule has 0 saturated heterocycles. The van der Waals surface area contributed by atoms with E-state index in [-0.39, 0.29) is 16.7 Å². The monoisotopic (exact) mass is 360 g/mol. The molecular formula is C18H20N2O4S. The molecular weight excluding hydrogens is 340 g/mol. The highest BCUT2D eigenvalue weighted by Gasteiger charge is 2.11. The molecule has 2 rings (SSSR count). The highest BCUT2D eigenvalue weighted by molar-refractivity contribution is 7.90. The van der Waals surface area contributed by atoms with Crippen LogP contribution in [-0.4, -0.2) is 33.0 Å². The molecule has 0 atom stereocenters. The Bertz CT molecular complexity index is 874. The maximum absolute atomic E-state index is 12.3. The smallest absolute Gasteiger partial charge is 0.255 e. The third-order valence-corrected chi connectivity index (χ3v) is 4.59. The lowest BCUT2D eigenvalue weighted by Gasteiger charge is -2.08. The summed E-state index contributed by atoms with van der Waals surface area (Å²) in [5, 5.41) is 5.47. The Labute approximate surface area is 147 Å². The number of rotatable bonds is 6. The summed E-state index contributed by atoms with van der Waals surface area (Å²) in [4.78, 5) is 24.4. The van der Waals surface area contributed by atoms with Gasteiger partial charge in [0.2, 0.25) is 0 Å². The molecule has 0 fully saturated rings. The standard InChI is InChI=1S/C18H20N2O4S/c1-3-11-19-17(21)14-5-4-6-15(12-14)20-18(22)13-7-9-16(10-8-13)25(2,23)24/h4-10,12H,3,11H2,1-2H3,(H,19,21)(H,20,22). The van der Waals surface area contributed by atoms with Crippen LogP contribution in [0, 0.1) is 0 Å². The van der Waals surface area contributed by atoms with Crippen molar-refractivity contribution in [2.45, 2.75) is 18.2 Å².